The van der Waals surface area contributed by atoms with Crippen molar-refractivity contribution in [3.05, 3.63) is 64.1 Å². The third-order valence-corrected chi connectivity index (χ3v) is 5.25. The number of carbonyl (C=O) groups is 2. The number of nitrogens with zero attached hydrogens (tertiary/aromatic N) is 1. The van der Waals surface area contributed by atoms with E-state index >= 15 is 0 Å². The zero-order valence-corrected chi connectivity index (χ0v) is 17.6. The van der Waals surface area contributed by atoms with Gasteiger partial charge >= 0.3 is 0 Å². The van der Waals surface area contributed by atoms with Crippen LogP contribution in [-0.4, -0.2) is 23.9 Å². The Morgan fingerprint density at radius 2 is 2.07 bits per heavy atom. The number of benzene rings is 1. The van der Waals surface area contributed by atoms with Gasteiger partial charge in [0.15, 0.2) is 5.13 Å². The molecule has 0 unspecified atom stereocenters. The van der Waals surface area contributed by atoms with Crippen LogP contribution in [0.5, 0.6) is 5.75 Å². The standard InChI is InChI=1S/C21H23N3O4S/c1-12-5-6-18(27-4)17(9-12)13(2)22-19(25)10-15-11-29-21(23-15)24-20(26)16-7-8-28-14(16)3/h5-9,11,13H,10H2,1-4H3,(H,22,25)(H,23,24,26)/t13-/m1/s1. The van der Waals surface area contributed by atoms with Crippen molar-refractivity contribution >= 4 is 28.3 Å². The molecule has 0 radical (unpaired) electrons. The van der Waals surface area contributed by atoms with Crippen molar-refractivity contribution in [1.29, 1.82) is 0 Å². The van der Waals surface area contributed by atoms with Crippen LogP contribution in [0.15, 0.2) is 40.3 Å². The molecule has 2 amide bonds. The summed E-state index contributed by atoms with van der Waals surface area (Å²) in [6.45, 7) is 5.62. The number of rotatable bonds is 7. The van der Waals surface area contributed by atoms with Gasteiger partial charge in [-0.2, -0.15) is 0 Å². The number of hydrogen-bond acceptors (Lipinski definition) is 6. The Labute approximate surface area is 173 Å². The van der Waals surface area contributed by atoms with Gasteiger partial charge in [0, 0.05) is 10.9 Å². The van der Waals surface area contributed by atoms with Crippen LogP contribution in [0.1, 0.15) is 45.9 Å². The van der Waals surface area contributed by atoms with Gasteiger partial charge in [0.1, 0.15) is 11.5 Å². The molecule has 0 aliphatic carbocycles. The summed E-state index contributed by atoms with van der Waals surface area (Å²) in [5.41, 5.74) is 3.06. The fourth-order valence-electron chi connectivity index (χ4n) is 2.96. The fraction of sp³-hybridized carbons (Fsp3) is 0.286. The molecule has 0 bridgehead atoms. The first-order valence-corrected chi connectivity index (χ1v) is 9.99. The number of nitrogens with one attached hydrogen (secondary N) is 2. The summed E-state index contributed by atoms with van der Waals surface area (Å²) >= 11 is 1.27. The summed E-state index contributed by atoms with van der Waals surface area (Å²) in [4.78, 5) is 29.0. The van der Waals surface area contributed by atoms with Crippen LogP contribution in [0.3, 0.4) is 0 Å². The van der Waals surface area contributed by atoms with Crippen LogP contribution >= 0.6 is 11.3 Å². The van der Waals surface area contributed by atoms with Crippen LogP contribution in [0.25, 0.3) is 0 Å². The predicted molar refractivity (Wildman–Crippen MR) is 112 cm³/mol. The van der Waals surface area contributed by atoms with E-state index in [9.17, 15) is 9.59 Å². The van der Waals surface area contributed by atoms with Gasteiger partial charge in [-0.1, -0.05) is 17.7 Å². The molecule has 1 aromatic carbocycles. The van der Waals surface area contributed by atoms with Crippen LogP contribution in [0.4, 0.5) is 5.13 Å². The molecule has 2 aromatic heterocycles. The van der Waals surface area contributed by atoms with E-state index in [0.29, 0.717) is 22.1 Å². The summed E-state index contributed by atoms with van der Waals surface area (Å²) in [5, 5.41) is 7.90. The van der Waals surface area contributed by atoms with E-state index in [1.165, 1.54) is 17.6 Å². The number of methoxy groups -OCH3 is 1. The summed E-state index contributed by atoms with van der Waals surface area (Å²) in [5.74, 6) is 0.826. The summed E-state index contributed by atoms with van der Waals surface area (Å²) in [7, 11) is 1.61. The molecule has 2 heterocycles. The second-order valence-electron chi connectivity index (χ2n) is 6.70. The molecule has 1 atom stereocenters. The first kappa shape index (κ1) is 20.6. The highest BCUT2D eigenvalue weighted by atomic mass is 32.1. The number of aryl methyl sites for hydroxylation is 2. The van der Waals surface area contributed by atoms with E-state index < -0.39 is 0 Å². The molecule has 0 saturated heterocycles. The maximum atomic E-state index is 12.5. The third kappa shape index (κ3) is 5.03. The van der Waals surface area contributed by atoms with Crippen LogP contribution in [-0.2, 0) is 11.2 Å². The summed E-state index contributed by atoms with van der Waals surface area (Å²) < 4.78 is 10.5. The molecule has 0 spiro atoms. The van der Waals surface area contributed by atoms with E-state index in [2.05, 4.69) is 15.6 Å². The highest BCUT2D eigenvalue weighted by Crippen LogP contribution is 2.26. The maximum absolute atomic E-state index is 12.5. The zero-order chi connectivity index (χ0) is 21.0. The lowest BCUT2D eigenvalue weighted by atomic mass is 10.0. The topological polar surface area (TPSA) is 93.5 Å². The van der Waals surface area contributed by atoms with Crippen molar-refractivity contribution in [2.75, 3.05) is 12.4 Å². The Morgan fingerprint density at radius 3 is 2.76 bits per heavy atom. The molecule has 29 heavy (non-hydrogen) atoms. The lowest BCUT2D eigenvalue weighted by Gasteiger charge is -2.17. The minimum absolute atomic E-state index is 0.121. The lowest BCUT2D eigenvalue weighted by molar-refractivity contribution is -0.121. The van der Waals surface area contributed by atoms with Gasteiger partial charge in [-0.05, 0) is 32.9 Å². The highest BCUT2D eigenvalue weighted by Gasteiger charge is 2.17. The van der Waals surface area contributed by atoms with E-state index in [-0.39, 0.29) is 24.3 Å². The number of anilines is 1. The number of carbonyl (C=O) groups excluding carboxylic acids is 2. The largest absolute Gasteiger partial charge is 0.496 e. The van der Waals surface area contributed by atoms with E-state index in [1.54, 1.807) is 25.5 Å². The Bertz CT molecular complexity index is 1020. The van der Waals surface area contributed by atoms with Crippen molar-refractivity contribution in [1.82, 2.24) is 10.3 Å². The fourth-order valence-corrected chi connectivity index (χ4v) is 3.66. The lowest BCUT2D eigenvalue weighted by Crippen LogP contribution is -2.28. The molecule has 2 N–H and O–H groups in total. The zero-order valence-electron chi connectivity index (χ0n) is 16.7. The molecule has 3 aromatic rings. The number of hydrogen-bond donors (Lipinski definition) is 2. The Balaban J connectivity index is 1.60. The van der Waals surface area contributed by atoms with E-state index in [1.807, 2.05) is 32.0 Å². The minimum Gasteiger partial charge on any atom is -0.496 e. The van der Waals surface area contributed by atoms with Crippen molar-refractivity contribution in [3.8, 4) is 5.75 Å². The normalized spacial score (nSPS) is 11.7. The molecule has 0 aliphatic heterocycles. The molecule has 8 heteroatoms. The van der Waals surface area contributed by atoms with Gasteiger partial charge in [-0.15, -0.1) is 11.3 Å². The molecule has 152 valence electrons. The molecule has 7 nitrogen and oxygen atoms in total. The number of furan rings is 1. The quantitative estimate of drug-likeness (QED) is 0.610. The Kier molecular flexibility index (Phi) is 6.33. The summed E-state index contributed by atoms with van der Waals surface area (Å²) in [6.07, 6.45) is 1.59. The Hall–Kier alpha value is -3.13. The second-order valence-corrected chi connectivity index (χ2v) is 7.56. The first-order chi connectivity index (χ1) is 13.9. The van der Waals surface area contributed by atoms with Gasteiger partial charge in [-0.3, -0.25) is 14.9 Å². The van der Waals surface area contributed by atoms with Crippen molar-refractivity contribution < 1.29 is 18.7 Å². The molecular formula is C21H23N3O4S. The van der Waals surface area contributed by atoms with Crippen molar-refractivity contribution in [2.45, 2.75) is 33.2 Å². The maximum Gasteiger partial charge on any atom is 0.260 e. The number of amides is 2. The predicted octanol–water partition coefficient (Wildman–Crippen LogP) is 4.03. The number of aromatic nitrogens is 1. The summed E-state index contributed by atoms with van der Waals surface area (Å²) in [6, 6.07) is 7.25. The molecule has 0 saturated carbocycles. The molecular weight excluding hydrogens is 390 g/mol. The number of thiazole rings is 1. The van der Waals surface area contributed by atoms with E-state index in [0.717, 1.165) is 16.9 Å². The molecule has 0 fully saturated rings. The van der Waals surface area contributed by atoms with Gasteiger partial charge in [-0.25, -0.2) is 4.98 Å². The first-order valence-electron chi connectivity index (χ1n) is 9.11. The van der Waals surface area contributed by atoms with Crippen LogP contribution in [0.2, 0.25) is 0 Å². The van der Waals surface area contributed by atoms with Gasteiger partial charge < -0.3 is 14.5 Å². The monoisotopic (exact) mass is 413 g/mol. The number of ether oxygens (including phenoxy) is 1. The van der Waals surface area contributed by atoms with Crippen molar-refractivity contribution in [3.63, 3.8) is 0 Å². The van der Waals surface area contributed by atoms with E-state index in [4.69, 9.17) is 9.15 Å². The second kappa shape index (κ2) is 8.91. The average Bonchev–Trinajstić information content (AvgIpc) is 3.30. The van der Waals surface area contributed by atoms with Crippen LogP contribution < -0.4 is 15.4 Å². The molecule has 3 rings (SSSR count). The van der Waals surface area contributed by atoms with Gasteiger partial charge in [0.2, 0.25) is 5.91 Å². The minimum atomic E-state index is -0.290. The highest BCUT2D eigenvalue weighted by molar-refractivity contribution is 7.14. The average molecular weight is 413 g/mol. The third-order valence-electron chi connectivity index (χ3n) is 4.45. The van der Waals surface area contributed by atoms with Gasteiger partial charge in [0.25, 0.3) is 5.91 Å². The van der Waals surface area contributed by atoms with Crippen molar-refractivity contribution in [2.24, 2.45) is 0 Å². The van der Waals surface area contributed by atoms with Crippen LogP contribution in [0, 0.1) is 13.8 Å². The molecule has 0 aliphatic rings. The smallest absolute Gasteiger partial charge is 0.260 e. The Morgan fingerprint density at radius 1 is 1.28 bits per heavy atom. The SMILES string of the molecule is COc1ccc(C)cc1[C@@H](C)NC(=O)Cc1csc(NC(=O)c2ccoc2C)n1. The van der Waals surface area contributed by atoms with Gasteiger partial charge in [0.05, 0.1) is 37.1 Å².